The van der Waals surface area contributed by atoms with Crippen molar-refractivity contribution in [2.45, 2.75) is 12.5 Å². The van der Waals surface area contributed by atoms with E-state index in [2.05, 4.69) is 5.32 Å². The summed E-state index contributed by atoms with van der Waals surface area (Å²) in [6, 6.07) is 15.1. The molecule has 2 heterocycles. The van der Waals surface area contributed by atoms with Gasteiger partial charge in [-0.25, -0.2) is 0 Å². The SMILES string of the molecule is O=C(CN1C[C@H](C(=O)N2CCOCC2)Oc2ccccc21)NCCc1cccc(Cl)c1. The summed E-state index contributed by atoms with van der Waals surface area (Å²) in [7, 11) is 0. The van der Waals surface area contributed by atoms with Crippen molar-refractivity contribution in [2.75, 3.05) is 50.8 Å². The predicted molar refractivity (Wildman–Crippen MR) is 119 cm³/mol. The smallest absolute Gasteiger partial charge is 0.265 e. The number of carbonyl (C=O) groups excluding carboxylic acids is 2. The van der Waals surface area contributed by atoms with Crippen LogP contribution >= 0.6 is 11.6 Å². The largest absolute Gasteiger partial charge is 0.477 e. The normalized spacial score (nSPS) is 18.2. The molecule has 4 rings (SSSR count). The number of rotatable bonds is 6. The van der Waals surface area contributed by atoms with Gasteiger partial charge in [-0.05, 0) is 36.2 Å². The van der Waals surface area contributed by atoms with E-state index in [4.69, 9.17) is 21.1 Å². The van der Waals surface area contributed by atoms with Gasteiger partial charge in [-0.1, -0.05) is 35.9 Å². The van der Waals surface area contributed by atoms with E-state index in [0.29, 0.717) is 56.6 Å². The van der Waals surface area contributed by atoms with Crippen molar-refractivity contribution in [3.05, 3.63) is 59.1 Å². The van der Waals surface area contributed by atoms with Gasteiger partial charge in [-0.2, -0.15) is 0 Å². The van der Waals surface area contributed by atoms with Crippen LogP contribution in [0.15, 0.2) is 48.5 Å². The lowest BCUT2D eigenvalue weighted by molar-refractivity contribution is -0.142. The average molecular weight is 444 g/mol. The molecule has 0 aromatic heterocycles. The Hall–Kier alpha value is -2.77. The molecule has 7 nitrogen and oxygen atoms in total. The number of nitrogens with zero attached hydrogens (tertiary/aromatic N) is 2. The summed E-state index contributed by atoms with van der Waals surface area (Å²) >= 11 is 6.01. The molecule has 0 radical (unpaired) electrons. The minimum Gasteiger partial charge on any atom is -0.477 e. The zero-order valence-corrected chi connectivity index (χ0v) is 18.0. The van der Waals surface area contributed by atoms with Crippen LogP contribution in [0.3, 0.4) is 0 Å². The molecule has 164 valence electrons. The molecule has 2 amide bonds. The van der Waals surface area contributed by atoms with Crippen LogP contribution in [0.4, 0.5) is 5.69 Å². The van der Waals surface area contributed by atoms with Gasteiger partial charge in [-0.15, -0.1) is 0 Å². The predicted octanol–water partition coefficient (Wildman–Crippen LogP) is 2.13. The number of hydrogen-bond donors (Lipinski definition) is 1. The molecular weight excluding hydrogens is 418 g/mol. The molecular formula is C23H26ClN3O4. The minimum atomic E-state index is -0.646. The van der Waals surface area contributed by atoms with Gasteiger partial charge in [-0.3, -0.25) is 9.59 Å². The molecule has 0 aliphatic carbocycles. The molecule has 0 bridgehead atoms. The van der Waals surface area contributed by atoms with Gasteiger partial charge in [0.1, 0.15) is 5.75 Å². The fourth-order valence-electron chi connectivity index (χ4n) is 3.84. The summed E-state index contributed by atoms with van der Waals surface area (Å²) in [5.41, 5.74) is 1.89. The van der Waals surface area contributed by atoms with Gasteiger partial charge >= 0.3 is 0 Å². The molecule has 31 heavy (non-hydrogen) atoms. The lowest BCUT2D eigenvalue weighted by Gasteiger charge is -2.38. The number of para-hydroxylation sites is 2. The van der Waals surface area contributed by atoms with Crippen molar-refractivity contribution in [3.8, 4) is 5.75 Å². The molecule has 2 aromatic carbocycles. The fraction of sp³-hybridized carbons (Fsp3) is 0.391. The molecule has 1 N–H and O–H groups in total. The second kappa shape index (κ2) is 10.0. The summed E-state index contributed by atoms with van der Waals surface area (Å²) < 4.78 is 11.3. The highest BCUT2D eigenvalue weighted by Gasteiger charge is 2.34. The fourth-order valence-corrected chi connectivity index (χ4v) is 4.05. The topological polar surface area (TPSA) is 71.1 Å². The zero-order valence-electron chi connectivity index (χ0n) is 17.3. The van der Waals surface area contributed by atoms with E-state index >= 15 is 0 Å². The number of nitrogens with one attached hydrogen (secondary N) is 1. The summed E-state index contributed by atoms with van der Waals surface area (Å²) in [5.74, 6) is 0.451. The molecule has 0 unspecified atom stereocenters. The lowest BCUT2D eigenvalue weighted by Crippen LogP contribution is -2.54. The number of morpholine rings is 1. The van der Waals surface area contributed by atoms with Crippen LogP contribution in [-0.2, 0) is 20.7 Å². The highest BCUT2D eigenvalue weighted by molar-refractivity contribution is 6.30. The van der Waals surface area contributed by atoms with E-state index in [-0.39, 0.29) is 18.4 Å². The molecule has 1 fully saturated rings. The van der Waals surface area contributed by atoms with Crippen molar-refractivity contribution in [1.82, 2.24) is 10.2 Å². The molecule has 1 atom stereocenters. The Balaban J connectivity index is 1.37. The van der Waals surface area contributed by atoms with Crippen LogP contribution in [0.2, 0.25) is 5.02 Å². The molecule has 8 heteroatoms. The van der Waals surface area contributed by atoms with Gasteiger partial charge in [0.2, 0.25) is 5.91 Å². The Labute approximate surface area is 186 Å². The van der Waals surface area contributed by atoms with E-state index in [1.807, 2.05) is 53.4 Å². The molecule has 0 spiro atoms. The van der Waals surface area contributed by atoms with E-state index in [9.17, 15) is 9.59 Å². The van der Waals surface area contributed by atoms with Crippen molar-refractivity contribution in [1.29, 1.82) is 0 Å². The Morgan fingerprint density at radius 2 is 1.90 bits per heavy atom. The van der Waals surface area contributed by atoms with Gasteiger partial charge in [0.15, 0.2) is 6.10 Å². The number of halogens is 1. The number of amides is 2. The highest BCUT2D eigenvalue weighted by atomic mass is 35.5. The third-order valence-electron chi connectivity index (χ3n) is 5.42. The minimum absolute atomic E-state index is 0.0656. The first-order valence-electron chi connectivity index (χ1n) is 10.5. The number of fused-ring (bicyclic) bond motifs is 1. The van der Waals surface area contributed by atoms with E-state index in [1.54, 1.807) is 4.90 Å². The first kappa shape index (κ1) is 21.5. The summed E-state index contributed by atoms with van der Waals surface area (Å²) in [6.07, 6.45) is 0.0525. The Morgan fingerprint density at radius 1 is 1.10 bits per heavy atom. The standard InChI is InChI=1S/C23H26ClN3O4/c24-18-5-3-4-17(14-18)8-9-25-22(28)16-27-15-21(23(29)26-10-12-30-13-11-26)31-20-7-2-1-6-19(20)27/h1-7,14,21H,8-13,15-16H2,(H,25,28)/t21-/m1/s1. The van der Waals surface area contributed by atoms with E-state index < -0.39 is 6.10 Å². The highest BCUT2D eigenvalue weighted by Crippen LogP contribution is 2.33. The summed E-state index contributed by atoms with van der Waals surface area (Å²) in [6.45, 7) is 3.19. The van der Waals surface area contributed by atoms with Crippen LogP contribution in [0, 0.1) is 0 Å². The number of carbonyl (C=O) groups is 2. The maximum absolute atomic E-state index is 13.0. The maximum atomic E-state index is 13.0. The first-order chi connectivity index (χ1) is 15.1. The molecule has 1 saturated heterocycles. The number of ether oxygens (including phenoxy) is 2. The van der Waals surface area contributed by atoms with Crippen LogP contribution in [0.1, 0.15) is 5.56 Å². The summed E-state index contributed by atoms with van der Waals surface area (Å²) in [4.78, 5) is 29.3. The van der Waals surface area contributed by atoms with Crippen LogP contribution in [0.5, 0.6) is 5.75 Å². The zero-order chi connectivity index (χ0) is 21.6. The Morgan fingerprint density at radius 3 is 2.71 bits per heavy atom. The van der Waals surface area contributed by atoms with Crippen molar-refractivity contribution >= 4 is 29.1 Å². The third-order valence-corrected chi connectivity index (χ3v) is 5.65. The molecule has 2 aromatic rings. The Kier molecular flexibility index (Phi) is 6.94. The van der Waals surface area contributed by atoms with Crippen LogP contribution in [-0.4, -0.2) is 68.8 Å². The van der Waals surface area contributed by atoms with Gasteiger partial charge < -0.3 is 24.6 Å². The Bertz CT molecular complexity index is 933. The van der Waals surface area contributed by atoms with Gasteiger partial charge in [0, 0.05) is 24.7 Å². The van der Waals surface area contributed by atoms with Crippen molar-refractivity contribution in [2.24, 2.45) is 0 Å². The number of anilines is 1. The number of benzene rings is 2. The van der Waals surface area contributed by atoms with Crippen LogP contribution < -0.4 is 15.0 Å². The monoisotopic (exact) mass is 443 g/mol. The average Bonchev–Trinajstić information content (AvgIpc) is 2.79. The summed E-state index contributed by atoms with van der Waals surface area (Å²) in [5, 5.41) is 3.64. The van der Waals surface area contributed by atoms with E-state index in [1.165, 1.54) is 0 Å². The molecule has 0 saturated carbocycles. The lowest BCUT2D eigenvalue weighted by atomic mass is 10.1. The van der Waals surface area contributed by atoms with Gasteiger partial charge in [0.05, 0.1) is 32.0 Å². The molecule has 2 aliphatic heterocycles. The van der Waals surface area contributed by atoms with E-state index in [0.717, 1.165) is 11.3 Å². The maximum Gasteiger partial charge on any atom is 0.265 e. The second-order valence-corrected chi connectivity index (χ2v) is 8.06. The van der Waals surface area contributed by atoms with Gasteiger partial charge in [0.25, 0.3) is 5.91 Å². The van der Waals surface area contributed by atoms with Crippen LogP contribution in [0.25, 0.3) is 0 Å². The third kappa shape index (κ3) is 5.48. The first-order valence-corrected chi connectivity index (χ1v) is 10.9. The van der Waals surface area contributed by atoms with Crippen molar-refractivity contribution in [3.63, 3.8) is 0 Å². The second-order valence-electron chi connectivity index (χ2n) is 7.62. The number of hydrogen-bond acceptors (Lipinski definition) is 5. The van der Waals surface area contributed by atoms with Crippen molar-refractivity contribution < 1.29 is 19.1 Å². The molecule has 2 aliphatic rings. The quantitative estimate of drug-likeness (QED) is 0.740.